The van der Waals surface area contributed by atoms with Crippen molar-refractivity contribution in [3.8, 4) is 17.0 Å². The van der Waals surface area contributed by atoms with Crippen molar-refractivity contribution in [1.29, 1.82) is 0 Å². The van der Waals surface area contributed by atoms with Gasteiger partial charge in [0.1, 0.15) is 11.4 Å². The van der Waals surface area contributed by atoms with Crippen molar-refractivity contribution in [3.05, 3.63) is 96.1 Å². The van der Waals surface area contributed by atoms with Crippen molar-refractivity contribution in [2.24, 2.45) is 0 Å². The van der Waals surface area contributed by atoms with Gasteiger partial charge in [0.05, 0.1) is 12.8 Å². The van der Waals surface area contributed by atoms with Crippen LogP contribution in [0.5, 0.6) is 5.75 Å². The molecule has 0 saturated heterocycles. The third-order valence-electron chi connectivity index (χ3n) is 5.64. The van der Waals surface area contributed by atoms with Gasteiger partial charge in [-0.05, 0) is 72.6 Å². The molecule has 3 aromatic carbocycles. The SMILES string of the molecule is COc1ccc(-c2ccc3c(n2)[nH]c2ccc(CCNC(=O)c4ccccc4)cc23)cc1. The first-order chi connectivity index (χ1) is 15.7. The summed E-state index contributed by atoms with van der Waals surface area (Å²) in [5, 5.41) is 5.22. The van der Waals surface area contributed by atoms with E-state index in [1.54, 1.807) is 7.11 Å². The van der Waals surface area contributed by atoms with Gasteiger partial charge in [-0.2, -0.15) is 0 Å². The fourth-order valence-electron chi connectivity index (χ4n) is 3.91. The molecule has 0 aliphatic carbocycles. The highest BCUT2D eigenvalue weighted by atomic mass is 16.5. The lowest BCUT2D eigenvalue weighted by Crippen LogP contribution is -2.25. The first kappa shape index (κ1) is 19.8. The zero-order chi connectivity index (χ0) is 21.9. The van der Waals surface area contributed by atoms with E-state index in [0.717, 1.165) is 45.4 Å². The Balaban J connectivity index is 1.35. The zero-order valence-electron chi connectivity index (χ0n) is 17.8. The highest BCUT2D eigenvalue weighted by Crippen LogP contribution is 2.28. The Kier molecular flexibility index (Phi) is 5.30. The van der Waals surface area contributed by atoms with Crippen molar-refractivity contribution < 1.29 is 9.53 Å². The van der Waals surface area contributed by atoms with Crippen LogP contribution in [0.3, 0.4) is 0 Å². The van der Waals surface area contributed by atoms with Gasteiger partial charge in [-0.1, -0.05) is 24.3 Å². The van der Waals surface area contributed by atoms with Crippen LogP contribution in [-0.2, 0) is 6.42 Å². The van der Waals surface area contributed by atoms with E-state index in [0.29, 0.717) is 12.1 Å². The fraction of sp³-hybridized carbons (Fsp3) is 0.111. The number of aromatic nitrogens is 2. The summed E-state index contributed by atoms with van der Waals surface area (Å²) in [5.74, 6) is 0.780. The maximum atomic E-state index is 12.2. The molecule has 5 aromatic rings. The average molecular weight is 422 g/mol. The average Bonchev–Trinajstić information content (AvgIpc) is 3.21. The van der Waals surface area contributed by atoms with Crippen molar-refractivity contribution in [2.75, 3.05) is 13.7 Å². The Labute approximate surface area is 186 Å². The molecule has 158 valence electrons. The van der Waals surface area contributed by atoms with Gasteiger partial charge in [0, 0.05) is 34.0 Å². The summed E-state index contributed by atoms with van der Waals surface area (Å²) in [6.45, 7) is 0.585. The summed E-state index contributed by atoms with van der Waals surface area (Å²) in [7, 11) is 1.66. The molecule has 2 aromatic heterocycles. The first-order valence-electron chi connectivity index (χ1n) is 10.6. The highest BCUT2D eigenvalue weighted by Gasteiger charge is 2.09. The number of aromatic amines is 1. The molecule has 0 aliphatic heterocycles. The van der Waals surface area contributed by atoms with Gasteiger partial charge in [0.2, 0.25) is 0 Å². The second-order valence-electron chi connectivity index (χ2n) is 7.70. The van der Waals surface area contributed by atoms with Gasteiger partial charge >= 0.3 is 0 Å². The van der Waals surface area contributed by atoms with Crippen molar-refractivity contribution in [3.63, 3.8) is 0 Å². The van der Waals surface area contributed by atoms with E-state index < -0.39 is 0 Å². The lowest BCUT2D eigenvalue weighted by Gasteiger charge is -2.06. The molecule has 0 spiro atoms. The fourth-order valence-corrected chi connectivity index (χ4v) is 3.91. The molecule has 2 heterocycles. The van der Waals surface area contributed by atoms with E-state index in [1.165, 1.54) is 5.56 Å². The molecular formula is C27H23N3O2. The number of fused-ring (bicyclic) bond motifs is 3. The van der Waals surface area contributed by atoms with Gasteiger partial charge in [0.25, 0.3) is 5.91 Å². The summed E-state index contributed by atoms with van der Waals surface area (Å²) >= 11 is 0. The summed E-state index contributed by atoms with van der Waals surface area (Å²) < 4.78 is 5.24. The van der Waals surface area contributed by atoms with Gasteiger partial charge in [0.15, 0.2) is 0 Å². The maximum Gasteiger partial charge on any atom is 0.251 e. The lowest BCUT2D eigenvalue weighted by atomic mass is 10.1. The lowest BCUT2D eigenvalue weighted by molar-refractivity contribution is 0.0954. The van der Waals surface area contributed by atoms with E-state index in [2.05, 4.69) is 34.6 Å². The molecule has 0 aliphatic rings. The van der Waals surface area contributed by atoms with Crippen LogP contribution in [0.15, 0.2) is 84.9 Å². The topological polar surface area (TPSA) is 67.0 Å². The molecule has 0 unspecified atom stereocenters. The molecule has 0 radical (unpaired) electrons. The predicted octanol–water partition coefficient (Wildman–Crippen LogP) is 5.36. The number of carbonyl (C=O) groups excluding carboxylic acids is 1. The van der Waals surface area contributed by atoms with Crippen LogP contribution in [0.2, 0.25) is 0 Å². The number of H-pyrrole nitrogens is 1. The van der Waals surface area contributed by atoms with E-state index in [4.69, 9.17) is 9.72 Å². The first-order valence-corrected chi connectivity index (χ1v) is 10.6. The smallest absolute Gasteiger partial charge is 0.251 e. The predicted molar refractivity (Wildman–Crippen MR) is 128 cm³/mol. The van der Waals surface area contributed by atoms with Crippen LogP contribution >= 0.6 is 0 Å². The molecule has 0 fully saturated rings. The second-order valence-corrected chi connectivity index (χ2v) is 7.70. The Morgan fingerprint density at radius 2 is 1.75 bits per heavy atom. The highest BCUT2D eigenvalue weighted by molar-refractivity contribution is 6.06. The largest absolute Gasteiger partial charge is 0.497 e. The molecule has 32 heavy (non-hydrogen) atoms. The van der Waals surface area contributed by atoms with Crippen LogP contribution in [-0.4, -0.2) is 29.5 Å². The number of benzene rings is 3. The van der Waals surface area contributed by atoms with Crippen LogP contribution in [0, 0.1) is 0 Å². The quantitative estimate of drug-likeness (QED) is 0.388. The van der Waals surface area contributed by atoms with Gasteiger partial charge in [-0.25, -0.2) is 4.98 Å². The molecule has 0 bridgehead atoms. The molecule has 5 rings (SSSR count). The van der Waals surface area contributed by atoms with Crippen LogP contribution in [0.1, 0.15) is 15.9 Å². The summed E-state index contributed by atoms with van der Waals surface area (Å²) in [4.78, 5) is 20.5. The van der Waals surface area contributed by atoms with E-state index >= 15 is 0 Å². The molecule has 0 atom stereocenters. The molecule has 5 nitrogen and oxygen atoms in total. The number of pyridine rings is 1. The summed E-state index contributed by atoms with van der Waals surface area (Å²) in [6.07, 6.45) is 0.762. The minimum atomic E-state index is -0.0472. The second kappa shape index (κ2) is 8.55. The molecule has 1 amide bonds. The summed E-state index contributed by atoms with van der Waals surface area (Å²) in [6, 6.07) is 27.7. The number of nitrogens with zero attached hydrogens (tertiary/aromatic N) is 1. The summed E-state index contributed by atoms with van der Waals surface area (Å²) in [5.41, 5.74) is 5.72. The third kappa shape index (κ3) is 3.93. The van der Waals surface area contributed by atoms with Crippen LogP contribution in [0.4, 0.5) is 0 Å². The Morgan fingerprint density at radius 1 is 0.938 bits per heavy atom. The standard InChI is InChI=1S/C27H23N3O2/c1-32-21-10-8-19(9-11-21)24-14-12-22-23-17-18(7-13-25(23)30-26(22)29-24)15-16-28-27(31)20-5-3-2-4-6-20/h2-14,17H,15-16H2,1H3,(H,28,31)(H,29,30). The number of carbonyl (C=O) groups is 1. The van der Waals surface area contributed by atoms with Gasteiger partial charge < -0.3 is 15.0 Å². The van der Waals surface area contributed by atoms with Crippen LogP contribution in [0.25, 0.3) is 33.2 Å². The number of ether oxygens (including phenoxy) is 1. The zero-order valence-corrected chi connectivity index (χ0v) is 17.8. The van der Waals surface area contributed by atoms with Crippen molar-refractivity contribution >= 4 is 27.8 Å². The Morgan fingerprint density at radius 3 is 2.53 bits per heavy atom. The normalized spacial score (nSPS) is 11.0. The molecular weight excluding hydrogens is 398 g/mol. The van der Waals surface area contributed by atoms with Gasteiger partial charge in [-0.3, -0.25) is 4.79 Å². The van der Waals surface area contributed by atoms with Crippen molar-refractivity contribution in [1.82, 2.24) is 15.3 Å². The number of methoxy groups -OCH3 is 1. The number of hydrogen-bond acceptors (Lipinski definition) is 3. The molecule has 5 heteroatoms. The number of amides is 1. The maximum absolute atomic E-state index is 12.2. The van der Waals surface area contributed by atoms with Crippen LogP contribution < -0.4 is 10.1 Å². The van der Waals surface area contributed by atoms with E-state index in [1.807, 2.05) is 60.7 Å². The van der Waals surface area contributed by atoms with E-state index in [9.17, 15) is 4.79 Å². The number of nitrogens with one attached hydrogen (secondary N) is 2. The number of hydrogen-bond donors (Lipinski definition) is 2. The number of rotatable bonds is 6. The van der Waals surface area contributed by atoms with E-state index in [-0.39, 0.29) is 5.91 Å². The monoisotopic (exact) mass is 421 g/mol. The minimum Gasteiger partial charge on any atom is -0.497 e. The minimum absolute atomic E-state index is 0.0472. The molecule has 2 N–H and O–H groups in total. The van der Waals surface area contributed by atoms with Crippen molar-refractivity contribution in [2.45, 2.75) is 6.42 Å². The van der Waals surface area contributed by atoms with Gasteiger partial charge in [-0.15, -0.1) is 0 Å². The Bertz CT molecular complexity index is 1390. The Hall–Kier alpha value is -4.12. The molecule has 0 saturated carbocycles. The third-order valence-corrected chi connectivity index (χ3v) is 5.64.